The van der Waals surface area contributed by atoms with Crippen molar-refractivity contribution >= 4 is 17.5 Å². The smallest absolute Gasteiger partial charge is 0.236 e. The van der Waals surface area contributed by atoms with Crippen LogP contribution in [-0.2, 0) is 9.59 Å². The average molecular weight is 332 g/mol. The third-order valence-electron chi connectivity index (χ3n) is 4.43. The first-order valence-electron chi connectivity index (χ1n) is 8.48. The first-order valence-corrected chi connectivity index (χ1v) is 8.48. The van der Waals surface area contributed by atoms with Gasteiger partial charge >= 0.3 is 0 Å². The molecule has 1 aliphatic heterocycles. The van der Waals surface area contributed by atoms with Crippen molar-refractivity contribution in [3.63, 3.8) is 0 Å². The standard InChI is InChI=1S/C18H28N4O2/c1-14(2)22(12-17(19)23)13-18(24)21-9-7-20(8-10-21)16-6-4-5-15(3)11-16/h4-6,11,14H,7-10,12-13H2,1-3H3,(H2,19,23). The molecule has 0 spiro atoms. The minimum atomic E-state index is -0.402. The highest BCUT2D eigenvalue weighted by Crippen LogP contribution is 2.18. The van der Waals surface area contributed by atoms with Crippen LogP contribution in [0.15, 0.2) is 24.3 Å². The van der Waals surface area contributed by atoms with Crippen LogP contribution in [0.3, 0.4) is 0 Å². The molecule has 132 valence electrons. The zero-order valence-corrected chi connectivity index (χ0v) is 14.9. The molecule has 1 aliphatic rings. The first kappa shape index (κ1) is 18.3. The quantitative estimate of drug-likeness (QED) is 0.838. The Morgan fingerprint density at radius 2 is 1.83 bits per heavy atom. The van der Waals surface area contributed by atoms with Gasteiger partial charge in [-0.2, -0.15) is 0 Å². The molecule has 0 aromatic heterocycles. The zero-order chi connectivity index (χ0) is 17.7. The van der Waals surface area contributed by atoms with Gasteiger partial charge in [-0.3, -0.25) is 14.5 Å². The molecule has 2 amide bonds. The molecular formula is C18H28N4O2. The van der Waals surface area contributed by atoms with Gasteiger partial charge in [0, 0.05) is 37.9 Å². The van der Waals surface area contributed by atoms with Gasteiger partial charge in [0.05, 0.1) is 13.1 Å². The molecular weight excluding hydrogens is 304 g/mol. The van der Waals surface area contributed by atoms with Gasteiger partial charge < -0.3 is 15.5 Å². The van der Waals surface area contributed by atoms with E-state index in [2.05, 4.69) is 36.1 Å². The average Bonchev–Trinajstić information content (AvgIpc) is 2.54. The second-order valence-corrected chi connectivity index (χ2v) is 6.67. The molecule has 1 heterocycles. The van der Waals surface area contributed by atoms with E-state index in [4.69, 9.17) is 5.73 Å². The zero-order valence-electron chi connectivity index (χ0n) is 14.9. The fraction of sp³-hybridized carbons (Fsp3) is 0.556. The summed E-state index contributed by atoms with van der Waals surface area (Å²) >= 11 is 0. The summed E-state index contributed by atoms with van der Waals surface area (Å²) in [6.07, 6.45) is 0. The summed E-state index contributed by atoms with van der Waals surface area (Å²) in [5, 5.41) is 0. The Labute approximate surface area is 144 Å². The molecule has 1 fully saturated rings. The van der Waals surface area contributed by atoms with Gasteiger partial charge in [-0.1, -0.05) is 12.1 Å². The van der Waals surface area contributed by atoms with Crippen LogP contribution in [0.1, 0.15) is 19.4 Å². The largest absolute Gasteiger partial charge is 0.369 e. The summed E-state index contributed by atoms with van der Waals surface area (Å²) in [4.78, 5) is 29.7. The Balaban J connectivity index is 1.89. The molecule has 2 N–H and O–H groups in total. The van der Waals surface area contributed by atoms with Crippen molar-refractivity contribution in [1.29, 1.82) is 0 Å². The number of hydrogen-bond donors (Lipinski definition) is 1. The summed E-state index contributed by atoms with van der Waals surface area (Å²) in [6, 6.07) is 8.53. The molecule has 1 aromatic rings. The third-order valence-corrected chi connectivity index (χ3v) is 4.43. The molecule has 0 unspecified atom stereocenters. The summed E-state index contributed by atoms with van der Waals surface area (Å²) in [5.74, 6) is -0.338. The number of carbonyl (C=O) groups excluding carboxylic acids is 2. The van der Waals surface area contributed by atoms with Crippen LogP contribution in [-0.4, -0.2) is 66.9 Å². The SMILES string of the molecule is Cc1cccc(N2CCN(C(=O)CN(CC(N)=O)C(C)C)CC2)c1. The number of anilines is 1. The van der Waals surface area contributed by atoms with Gasteiger partial charge in [0.1, 0.15) is 0 Å². The van der Waals surface area contributed by atoms with Crippen molar-refractivity contribution in [2.45, 2.75) is 26.8 Å². The van der Waals surface area contributed by atoms with Crippen LogP contribution >= 0.6 is 0 Å². The highest BCUT2D eigenvalue weighted by Gasteiger charge is 2.24. The van der Waals surface area contributed by atoms with Gasteiger partial charge in [0.25, 0.3) is 0 Å². The Morgan fingerprint density at radius 3 is 2.38 bits per heavy atom. The number of carbonyl (C=O) groups is 2. The normalized spacial score (nSPS) is 15.2. The molecule has 1 aromatic carbocycles. The second-order valence-electron chi connectivity index (χ2n) is 6.67. The highest BCUT2D eigenvalue weighted by molar-refractivity contribution is 5.80. The predicted octanol–water partition coefficient (Wildman–Crippen LogP) is 0.839. The van der Waals surface area contributed by atoms with E-state index in [0.717, 1.165) is 13.1 Å². The summed E-state index contributed by atoms with van der Waals surface area (Å²) in [6.45, 7) is 9.43. The number of nitrogens with zero attached hydrogens (tertiary/aromatic N) is 3. The molecule has 0 radical (unpaired) electrons. The Kier molecular flexibility index (Phi) is 6.20. The van der Waals surface area contributed by atoms with Crippen LogP contribution < -0.4 is 10.6 Å². The first-order chi connectivity index (χ1) is 11.4. The molecule has 24 heavy (non-hydrogen) atoms. The number of rotatable bonds is 6. The Morgan fingerprint density at radius 1 is 1.17 bits per heavy atom. The lowest BCUT2D eigenvalue weighted by Crippen LogP contribution is -2.52. The van der Waals surface area contributed by atoms with Crippen molar-refractivity contribution in [3.05, 3.63) is 29.8 Å². The van der Waals surface area contributed by atoms with Crippen molar-refractivity contribution < 1.29 is 9.59 Å². The number of nitrogens with two attached hydrogens (primary N) is 1. The van der Waals surface area contributed by atoms with E-state index >= 15 is 0 Å². The van der Waals surface area contributed by atoms with Gasteiger partial charge in [-0.15, -0.1) is 0 Å². The molecule has 6 heteroatoms. The van der Waals surface area contributed by atoms with Crippen molar-refractivity contribution in [1.82, 2.24) is 9.80 Å². The highest BCUT2D eigenvalue weighted by atomic mass is 16.2. The number of primary amides is 1. The summed E-state index contributed by atoms with van der Waals surface area (Å²) in [5.41, 5.74) is 7.72. The summed E-state index contributed by atoms with van der Waals surface area (Å²) in [7, 11) is 0. The van der Waals surface area contributed by atoms with Crippen LogP contribution in [0, 0.1) is 6.92 Å². The number of amides is 2. The van der Waals surface area contributed by atoms with Gasteiger partial charge in [-0.05, 0) is 38.5 Å². The predicted molar refractivity (Wildman–Crippen MR) is 95.9 cm³/mol. The van der Waals surface area contributed by atoms with Gasteiger partial charge in [0.2, 0.25) is 11.8 Å². The number of piperazine rings is 1. The van der Waals surface area contributed by atoms with E-state index < -0.39 is 5.91 Å². The maximum Gasteiger partial charge on any atom is 0.236 e. The topological polar surface area (TPSA) is 69.9 Å². The number of benzene rings is 1. The molecule has 0 aliphatic carbocycles. The fourth-order valence-corrected chi connectivity index (χ4v) is 2.93. The minimum absolute atomic E-state index is 0.0637. The van der Waals surface area contributed by atoms with E-state index in [0.29, 0.717) is 13.1 Å². The van der Waals surface area contributed by atoms with Crippen molar-refractivity contribution in [2.75, 3.05) is 44.2 Å². The van der Waals surface area contributed by atoms with E-state index in [1.54, 1.807) is 0 Å². The second kappa shape index (κ2) is 8.15. The summed E-state index contributed by atoms with van der Waals surface area (Å²) < 4.78 is 0. The lowest BCUT2D eigenvalue weighted by Gasteiger charge is -2.37. The molecule has 0 saturated carbocycles. The van der Waals surface area contributed by atoms with Gasteiger partial charge in [-0.25, -0.2) is 0 Å². The Bertz CT molecular complexity index is 580. The molecule has 0 atom stereocenters. The molecule has 1 saturated heterocycles. The monoisotopic (exact) mass is 332 g/mol. The maximum atomic E-state index is 12.5. The van der Waals surface area contributed by atoms with Crippen molar-refractivity contribution in [3.8, 4) is 0 Å². The van der Waals surface area contributed by atoms with Crippen LogP contribution in [0.4, 0.5) is 5.69 Å². The van der Waals surface area contributed by atoms with Crippen LogP contribution in [0.2, 0.25) is 0 Å². The lowest BCUT2D eigenvalue weighted by molar-refractivity contribution is -0.133. The molecule has 0 bridgehead atoms. The van der Waals surface area contributed by atoms with E-state index in [9.17, 15) is 9.59 Å². The molecule has 2 rings (SSSR count). The number of hydrogen-bond acceptors (Lipinski definition) is 4. The molecule has 6 nitrogen and oxygen atoms in total. The van der Waals surface area contributed by atoms with E-state index in [-0.39, 0.29) is 25.0 Å². The minimum Gasteiger partial charge on any atom is -0.369 e. The Hall–Kier alpha value is -2.08. The van der Waals surface area contributed by atoms with Crippen LogP contribution in [0.25, 0.3) is 0 Å². The van der Waals surface area contributed by atoms with Crippen molar-refractivity contribution in [2.24, 2.45) is 5.73 Å². The van der Waals surface area contributed by atoms with E-state index in [1.165, 1.54) is 11.3 Å². The number of aryl methyl sites for hydroxylation is 1. The van der Waals surface area contributed by atoms with E-state index in [1.807, 2.05) is 23.6 Å². The lowest BCUT2D eigenvalue weighted by atomic mass is 10.2. The maximum absolute atomic E-state index is 12.5. The fourth-order valence-electron chi connectivity index (χ4n) is 2.93. The van der Waals surface area contributed by atoms with Gasteiger partial charge in [0.15, 0.2) is 0 Å². The van der Waals surface area contributed by atoms with Crippen LogP contribution in [0.5, 0.6) is 0 Å². The third kappa shape index (κ3) is 4.96.